The van der Waals surface area contributed by atoms with Gasteiger partial charge in [0.2, 0.25) is 0 Å². The Morgan fingerprint density at radius 2 is 2.05 bits per heavy atom. The largest absolute Gasteiger partial charge is 0.390 e. The van der Waals surface area contributed by atoms with Crippen LogP contribution in [0.15, 0.2) is 11.8 Å². The second-order valence-electron chi connectivity index (χ2n) is 4.14. The summed E-state index contributed by atoms with van der Waals surface area (Å²) in [6.07, 6.45) is 5.58. The van der Waals surface area contributed by atoms with Gasteiger partial charge in [-0.25, -0.2) is 0 Å². The fraction of sp³-hybridized carbons (Fsp3) is 0.714. The van der Waals surface area contributed by atoms with Crippen LogP contribution in [0.1, 0.15) is 39.5 Å². The van der Waals surface area contributed by atoms with Crippen LogP contribution in [0, 0.1) is 11.3 Å². The fourth-order valence-electron chi connectivity index (χ4n) is 1.42. The number of amides is 1. The van der Waals surface area contributed by atoms with Crippen molar-refractivity contribution in [1.29, 1.82) is 5.26 Å². The molecule has 0 aromatic heterocycles. The molecule has 0 saturated heterocycles. The minimum atomic E-state index is -0.331. The van der Waals surface area contributed by atoms with Crippen molar-refractivity contribution in [3.63, 3.8) is 0 Å². The molecular weight excluding hydrogens is 242 g/mol. The topological polar surface area (TPSA) is 74.2 Å². The zero-order valence-corrected chi connectivity index (χ0v) is 12.0. The minimum Gasteiger partial charge on any atom is -0.390 e. The van der Waals surface area contributed by atoms with Gasteiger partial charge in [0.1, 0.15) is 11.6 Å². The molecule has 5 nitrogen and oxygen atoms in total. The van der Waals surface area contributed by atoms with E-state index in [0.29, 0.717) is 19.8 Å². The quantitative estimate of drug-likeness (QED) is 0.339. The average molecular weight is 267 g/mol. The number of nitriles is 1. The summed E-state index contributed by atoms with van der Waals surface area (Å²) in [6.45, 7) is 6.67. The third-order valence-corrected chi connectivity index (χ3v) is 2.49. The highest BCUT2D eigenvalue weighted by atomic mass is 16.5. The molecule has 0 bridgehead atoms. The van der Waals surface area contributed by atoms with Gasteiger partial charge in [-0.2, -0.15) is 5.26 Å². The highest BCUT2D eigenvalue weighted by Gasteiger charge is 2.07. The van der Waals surface area contributed by atoms with E-state index in [9.17, 15) is 4.79 Å². The summed E-state index contributed by atoms with van der Waals surface area (Å²) in [5.74, 6) is -0.331. The van der Waals surface area contributed by atoms with E-state index in [-0.39, 0.29) is 11.5 Å². The van der Waals surface area contributed by atoms with E-state index in [1.165, 1.54) is 6.20 Å². The van der Waals surface area contributed by atoms with E-state index in [1.54, 1.807) is 0 Å². The Balaban J connectivity index is 3.84. The monoisotopic (exact) mass is 267 g/mol. The Labute approximate surface area is 116 Å². The highest BCUT2D eigenvalue weighted by Crippen LogP contribution is 1.94. The summed E-state index contributed by atoms with van der Waals surface area (Å²) in [5, 5.41) is 14.6. The predicted molar refractivity (Wildman–Crippen MR) is 75.3 cm³/mol. The van der Waals surface area contributed by atoms with E-state index in [0.717, 1.165) is 32.2 Å². The molecule has 0 aliphatic heterocycles. The molecule has 0 unspecified atom stereocenters. The predicted octanol–water partition coefficient (Wildman–Crippen LogP) is 1.72. The summed E-state index contributed by atoms with van der Waals surface area (Å²) in [6, 6.07) is 1.90. The molecule has 5 heteroatoms. The molecule has 0 heterocycles. The Bertz CT molecular complexity index is 308. The van der Waals surface area contributed by atoms with Crippen molar-refractivity contribution < 1.29 is 9.53 Å². The first-order valence-corrected chi connectivity index (χ1v) is 6.95. The number of ether oxygens (including phenoxy) is 1. The van der Waals surface area contributed by atoms with E-state index in [2.05, 4.69) is 17.6 Å². The molecule has 19 heavy (non-hydrogen) atoms. The SMILES string of the molecule is CCCCCN/C=C(/C#N)C(=O)NCCCOCC. The molecule has 0 atom stereocenters. The van der Waals surface area contributed by atoms with Gasteiger partial charge in [-0.05, 0) is 19.8 Å². The second-order valence-corrected chi connectivity index (χ2v) is 4.14. The molecule has 0 radical (unpaired) electrons. The lowest BCUT2D eigenvalue weighted by molar-refractivity contribution is -0.117. The smallest absolute Gasteiger partial charge is 0.263 e. The second kappa shape index (κ2) is 12.9. The summed E-state index contributed by atoms with van der Waals surface area (Å²) in [5.41, 5.74) is 0.118. The maximum atomic E-state index is 11.6. The first-order valence-electron chi connectivity index (χ1n) is 6.95. The molecule has 0 saturated carbocycles. The van der Waals surface area contributed by atoms with Crippen molar-refractivity contribution >= 4 is 5.91 Å². The van der Waals surface area contributed by atoms with Crippen molar-refractivity contribution in [2.24, 2.45) is 0 Å². The summed E-state index contributed by atoms with van der Waals surface area (Å²) >= 11 is 0. The number of carbonyl (C=O) groups excluding carboxylic acids is 1. The standard InChI is InChI=1S/C14H25N3O2/c1-3-5-6-8-16-12-13(11-15)14(18)17-9-7-10-19-4-2/h12,16H,3-10H2,1-2H3,(H,17,18)/b13-12-. The van der Waals surface area contributed by atoms with Crippen LogP contribution in [-0.2, 0) is 9.53 Å². The van der Waals surface area contributed by atoms with Gasteiger partial charge in [0.25, 0.3) is 5.91 Å². The lowest BCUT2D eigenvalue weighted by Gasteiger charge is -2.05. The van der Waals surface area contributed by atoms with Crippen LogP contribution in [-0.4, -0.2) is 32.2 Å². The summed E-state index contributed by atoms with van der Waals surface area (Å²) in [7, 11) is 0. The van der Waals surface area contributed by atoms with Crippen molar-refractivity contribution in [3.8, 4) is 6.07 Å². The van der Waals surface area contributed by atoms with Gasteiger partial charge in [-0.15, -0.1) is 0 Å². The lowest BCUT2D eigenvalue weighted by Crippen LogP contribution is -2.27. The number of rotatable bonds is 11. The van der Waals surface area contributed by atoms with E-state index in [4.69, 9.17) is 10.00 Å². The van der Waals surface area contributed by atoms with Crippen LogP contribution >= 0.6 is 0 Å². The molecule has 1 amide bonds. The molecule has 0 aromatic carbocycles. The van der Waals surface area contributed by atoms with Crippen LogP contribution in [0.5, 0.6) is 0 Å². The molecule has 0 fully saturated rings. The molecular formula is C14H25N3O2. The van der Waals surface area contributed by atoms with Gasteiger partial charge in [0.15, 0.2) is 0 Å². The molecule has 108 valence electrons. The Hall–Kier alpha value is -1.54. The molecule has 0 spiro atoms. The molecule has 0 aromatic rings. The number of nitrogens with one attached hydrogen (secondary N) is 2. The van der Waals surface area contributed by atoms with Crippen LogP contribution in [0.3, 0.4) is 0 Å². The number of hydrogen-bond donors (Lipinski definition) is 2. The first-order chi connectivity index (χ1) is 9.26. The lowest BCUT2D eigenvalue weighted by atomic mass is 10.2. The van der Waals surface area contributed by atoms with Gasteiger partial charge in [0, 0.05) is 32.5 Å². The van der Waals surface area contributed by atoms with Crippen molar-refractivity contribution in [2.45, 2.75) is 39.5 Å². The van der Waals surface area contributed by atoms with Crippen LogP contribution in [0.25, 0.3) is 0 Å². The number of unbranched alkanes of at least 4 members (excludes halogenated alkanes) is 2. The van der Waals surface area contributed by atoms with Crippen LogP contribution in [0.4, 0.5) is 0 Å². The maximum absolute atomic E-state index is 11.6. The molecule has 0 aliphatic rings. The highest BCUT2D eigenvalue weighted by molar-refractivity contribution is 5.97. The minimum absolute atomic E-state index is 0.118. The molecule has 0 aliphatic carbocycles. The summed E-state index contributed by atoms with van der Waals surface area (Å²) < 4.78 is 5.16. The van der Waals surface area contributed by atoms with Crippen molar-refractivity contribution in [3.05, 3.63) is 11.8 Å². The van der Waals surface area contributed by atoms with Crippen molar-refractivity contribution in [2.75, 3.05) is 26.3 Å². The normalized spacial score (nSPS) is 10.9. The van der Waals surface area contributed by atoms with E-state index >= 15 is 0 Å². The van der Waals surface area contributed by atoms with Crippen LogP contribution in [0.2, 0.25) is 0 Å². The van der Waals surface area contributed by atoms with Gasteiger partial charge in [-0.3, -0.25) is 4.79 Å². The van der Waals surface area contributed by atoms with Gasteiger partial charge >= 0.3 is 0 Å². The van der Waals surface area contributed by atoms with E-state index in [1.807, 2.05) is 13.0 Å². The van der Waals surface area contributed by atoms with Gasteiger partial charge in [0.05, 0.1) is 0 Å². The Morgan fingerprint density at radius 1 is 1.26 bits per heavy atom. The third kappa shape index (κ3) is 10.1. The fourth-order valence-corrected chi connectivity index (χ4v) is 1.42. The van der Waals surface area contributed by atoms with Crippen molar-refractivity contribution in [1.82, 2.24) is 10.6 Å². The zero-order valence-electron chi connectivity index (χ0n) is 12.0. The number of carbonyl (C=O) groups is 1. The van der Waals surface area contributed by atoms with Crippen LogP contribution < -0.4 is 10.6 Å². The third-order valence-electron chi connectivity index (χ3n) is 2.49. The average Bonchev–Trinajstić information content (AvgIpc) is 2.42. The summed E-state index contributed by atoms with van der Waals surface area (Å²) in [4.78, 5) is 11.6. The first kappa shape index (κ1) is 17.5. The zero-order chi connectivity index (χ0) is 14.3. The van der Waals surface area contributed by atoms with Gasteiger partial charge in [-0.1, -0.05) is 19.8 Å². The Morgan fingerprint density at radius 3 is 2.68 bits per heavy atom. The Kier molecular flexibility index (Phi) is 11.9. The maximum Gasteiger partial charge on any atom is 0.263 e. The van der Waals surface area contributed by atoms with E-state index < -0.39 is 0 Å². The van der Waals surface area contributed by atoms with Gasteiger partial charge < -0.3 is 15.4 Å². The molecule has 0 rings (SSSR count). The number of hydrogen-bond acceptors (Lipinski definition) is 4. The number of nitrogens with zero attached hydrogens (tertiary/aromatic N) is 1. The molecule has 2 N–H and O–H groups in total.